The van der Waals surface area contributed by atoms with Crippen LogP contribution in [-0.2, 0) is 9.59 Å². The lowest BCUT2D eigenvalue weighted by Gasteiger charge is -2.25. The summed E-state index contributed by atoms with van der Waals surface area (Å²) >= 11 is 0. The molecule has 0 saturated heterocycles. The molecule has 4 heteroatoms. The van der Waals surface area contributed by atoms with Crippen LogP contribution in [0, 0.1) is 0 Å². The Balaban J connectivity index is 4.35. The van der Waals surface area contributed by atoms with Gasteiger partial charge in [0.25, 0.3) is 0 Å². The lowest BCUT2D eigenvalue weighted by molar-refractivity contribution is -0.134. The van der Waals surface area contributed by atoms with E-state index in [-0.39, 0.29) is 30.4 Å². The van der Waals surface area contributed by atoms with Gasteiger partial charge in [-0.15, -0.1) is 0 Å². The maximum absolute atomic E-state index is 11.4. The van der Waals surface area contributed by atoms with Crippen LogP contribution in [0.4, 0.5) is 0 Å². The van der Waals surface area contributed by atoms with E-state index < -0.39 is 0 Å². The molecule has 86 valence electrons. The molecule has 0 unspecified atom stereocenters. The minimum atomic E-state index is -0.219. The zero-order valence-corrected chi connectivity index (χ0v) is 9.91. The van der Waals surface area contributed by atoms with Gasteiger partial charge in [-0.05, 0) is 33.8 Å². The minimum Gasteiger partial charge on any atom is -0.352 e. The molecule has 0 heterocycles. The van der Waals surface area contributed by atoms with Crippen molar-refractivity contribution in [2.45, 2.75) is 39.8 Å². The van der Waals surface area contributed by atoms with Crippen molar-refractivity contribution in [2.24, 2.45) is 0 Å². The lowest BCUT2D eigenvalue weighted by atomic mass is 10.3. The standard InChI is InChI=1S/C11H20N2O2/c1-6-11(15)13(9(4)5)7-10(14)12-8(2)3/h6,8-9H,1,7H2,2-5H3,(H,12,14). The van der Waals surface area contributed by atoms with Gasteiger partial charge in [-0.25, -0.2) is 0 Å². The summed E-state index contributed by atoms with van der Waals surface area (Å²) < 4.78 is 0. The van der Waals surface area contributed by atoms with Gasteiger partial charge >= 0.3 is 0 Å². The van der Waals surface area contributed by atoms with Gasteiger partial charge < -0.3 is 10.2 Å². The monoisotopic (exact) mass is 212 g/mol. The number of amides is 2. The van der Waals surface area contributed by atoms with Crippen LogP contribution < -0.4 is 5.32 Å². The van der Waals surface area contributed by atoms with Crippen LogP contribution in [0.1, 0.15) is 27.7 Å². The van der Waals surface area contributed by atoms with Crippen molar-refractivity contribution in [3.63, 3.8) is 0 Å². The maximum Gasteiger partial charge on any atom is 0.246 e. The number of carbonyl (C=O) groups is 2. The SMILES string of the molecule is C=CC(=O)N(CC(=O)NC(C)C)C(C)C. The molecule has 0 aromatic rings. The highest BCUT2D eigenvalue weighted by Crippen LogP contribution is 1.99. The van der Waals surface area contributed by atoms with Crippen LogP contribution in [0.15, 0.2) is 12.7 Å². The first-order valence-corrected chi connectivity index (χ1v) is 5.10. The normalized spacial score (nSPS) is 10.3. The Labute approximate surface area is 91.3 Å². The highest BCUT2D eigenvalue weighted by molar-refractivity contribution is 5.91. The lowest BCUT2D eigenvalue weighted by Crippen LogP contribution is -2.45. The van der Waals surface area contributed by atoms with Gasteiger partial charge in [0.15, 0.2) is 0 Å². The molecule has 0 rings (SSSR count). The van der Waals surface area contributed by atoms with Gasteiger partial charge in [0.1, 0.15) is 6.54 Å². The second kappa shape index (κ2) is 6.22. The molecule has 0 aromatic heterocycles. The summed E-state index contributed by atoms with van der Waals surface area (Å²) in [6.45, 7) is 11.0. The van der Waals surface area contributed by atoms with Gasteiger partial charge in [0.05, 0.1) is 0 Å². The molecule has 1 N–H and O–H groups in total. The van der Waals surface area contributed by atoms with Crippen LogP contribution in [0.3, 0.4) is 0 Å². The Kier molecular flexibility index (Phi) is 5.67. The molecule has 0 fully saturated rings. The summed E-state index contributed by atoms with van der Waals surface area (Å²) in [4.78, 5) is 24.3. The summed E-state index contributed by atoms with van der Waals surface area (Å²) in [5.74, 6) is -0.363. The zero-order valence-electron chi connectivity index (χ0n) is 9.91. The smallest absolute Gasteiger partial charge is 0.246 e. The highest BCUT2D eigenvalue weighted by Gasteiger charge is 2.17. The number of rotatable bonds is 5. The van der Waals surface area contributed by atoms with Crippen molar-refractivity contribution >= 4 is 11.8 Å². The number of carbonyl (C=O) groups excluding carboxylic acids is 2. The molecule has 0 saturated carbocycles. The highest BCUT2D eigenvalue weighted by atomic mass is 16.2. The van der Waals surface area contributed by atoms with Gasteiger partial charge in [-0.3, -0.25) is 9.59 Å². The third-order valence-electron chi connectivity index (χ3n) is 1.84. The number of hydrogen-bond acceptors (Lipinski definition) is 2. The Bertz CT molecular complexity index is 247. The summed E-state index contributed by atoms with van der Waals surface area (Å²) in [5.41, 5.74) is 0. The van der Waals surface area contributed by atoms with Gasteiger partial charge in [0, 0.05) is 12.1 Å². The molecule has 0 atom stereocenters. The predicted octanol–water partition coefficient (Wildman–Crippen LogP) is 0.934. The Morgan fingerprint density at radius 3 is 2.20 bits per heavy atom. The largest absolute Gasteiger partial charge is 0.352 e. The number of hydrogen-bond donors (Lipinski definition) is 1. The first-order chi connectivity index (χ1) is 6.88. The van der Waals surface area contributed by atoms with Crippen molar-refractivity contribution in [2.75, 3.05) is 6.54 Å². The molecule has 0 radical (unpaired) electrons. The van der Waals surface area contributed by atoms with E-state index in [0.29, 0.717) is 0 Å². The summed E-state index contributed by atoms with van der Waals surface area (Å²) in [6, 6.07) is 0.0822. The van der Waals surface area contributed by atoms with Crippen molar-refractivity contribution in [1.82, 2.24) is 10.2 Å². The van der Waals surface area contributed by atoms with E-state index in [1.807, 2.05) is 27.7 Å². The topological polar surface area (TPSA) is 49.4 Å². The van der Waals surface area contributed by atoms with Gasteiger partial charge in [-0.2, -0.15) is 0 Å². The van der Waals surface area contributed by atoms with Crippen LogP contribution in [0.2, 0.25) is 0 Å². The van der Waals surface area contributed by atoms with Crippen molar-refractivity contribution in [3.8, 4) is 0 Å². The van der Waals surface area contributed by atoms with Crippen LogP contribution >= 0.6 is 0 Å². The molecule has 4 nitrogen and oxygen atoms in total. The first kappa shape index (κ1) is 13.7. The first-order valence-electron chi connectivity index (χ1n) is 5.10. The Hall–Kier alpha value is -1.32. The van der Waals surface area contributed by atoms with E-state index >= 15 is 0 Å². The summed E-state index contributed by atoms with van der Waals surface area (Å²) in [5, 5.41) is 2.74. The van der Waals surface area contributed by atoms with E-state index in [0.717, 1.165) is 0 Å². The molecular weight excluding hydrogens is 192 g/mol. The van der Waals surface area contributed by atoms with E-state index in [2.05, 4.69) is 11.9 Å². The Morgan fingerprint density at radius 1 is 1.33 bits per heavy atom. The van der Waals surface area contributed by atoms with Crippen molar-refractivity contribution < 1.29 is 9.59 Å². The van der Waals surface area contributed by atoms with Crippen molar-refractivity contribution in [3.05, 3.63) is 12.7 Å². The molecule has 0 aliphatic rings. The molecule has 2 amide bonds. The van der Waals surface area contributed by atoms with Crippen molar-refractivity contribution in [1.29, 1.82) is 0 Å². The predicted molar refractivity (Wildman–Crippen MR) is 60.3 cm³/mol. The molecule has 15 heavy (non-hydrogen) atoms. The van der Waals surface area contributed by atoms with E-state index in [9.17, 15) is 9.59 Å². The minimum absolute atomic E-state index is 0.00610. The van der Waals surface area contributed by atoms with E-state index in [1.54, 1.807) is 0 Å². The molecule has 0 spiro atoms. The van der Waals surface area contributed by atoms with Crippen LogP contribution in [0.5, 0.6) is 0 Å². The quantitative estimate of drug-likeness (QED) is 0.689. The van der Waals surface area contributed by atoms with E-state index in [4.69, 9.17) is 0 Å². The number of nitrogens with one attached hydrogen (secondary N) is 1. The number of nitrogens with zero attached hydrogens (tertiary/aromatic N) is 1. The van der Waals surface area contributed by atoms with Gasteiger partial charge in [-0.1, -0.05) is 6.58 Å². The molecule has 0 bridgehead atoms. The fraction of sp³-hybridized carbons (Fsp3) is 0.636. The van der Waals surface area contributed by atoms with E-state index in [1.165, 1.54) is 11.0 Å². The maximum atomic E-state index is 11.4. The Morgan fingerprint density at radius 2 is 1.87 bits per heavy atom. The fourth-order valence-electron chi connectivity index (χ4n) is 1.15. The molecule has 0 aliphatic carbocycles. The molecule has 0 aliphatic heterocycles. The zero-order chi connectivity index (χ0) is 12.0. The van der Waals surface area contributed by atoms with Crippen LogP contribution in [0.25, 0.3) is 0 Å². The van der Waals surface area contributed by atoms with Gasteiger partial charge in [0.2, 0.25) is 11.8 Å². The molecular formula is C11H20N2O2. The molecule has 0 aromatic carbocycles. The summed E-state index contributed by atoms with van der Waals surface area (Å²) in [6.07, 6.45) is 1.22. The second-order valence-electron chi connectivity index (χ2n) is 3.99. The third kappa shape index (κ3) is 5.20. The fourth-order valence-corrected chi connectivity index (χ4v) is 1.15. The van der Waals surface area contributed by atoms with Crippen LogP contribution in [-0.4, -0.2) is 35.3 Å². The average Bonchev–Trinajstić information content (AvgIpc) is 2.11. The average molecular weight is 212 g/mol. The third-order valence-corrected chi connectivity index (χ3v) is 1.84. The second-order valence-corrected chi connectivity index (χ2v) is 3.99. The summed E-state index contributed by atoms with van der Waals surface area (Å²) in [7, 11) is 0.